The van der Waals surface area contributed by atoms with E-state index in [1.807, 2.05) is 22.6 Å². The second-order valence-corrected chi connectivity index (χ2v) is 8.53. The van der Waals surface area contributed by atoms with Crippen LogP contribution in [0.25, 0.3) is 0 Å². The van der Waals surface area contributed by atoms with Gasteiger partial charge in [0.25, 0.3) is 11.8 Å². The largest absolute Gasteiger partial charge is 0.478 e. The average molecular weight is 744 g/mol. The molecular formula is C16H15I3N2O8. The predicted molar refractivity (Wildman–Crippen MR) is 126 cm³/mol. The molecule has 1 aromatic carbocycles. The third-order valence-electron chi connectivity index (χ3n) is 3.12. The molecule has 0 unspecified atom stereocenters. The highest BCUT2D eigenvalue weighted by Gasteiger charge is 2.28. The number of amides is 2. The lowest BCUT2D eigenvalue weighted by molar-refractivity contribution is -0.145. The van der Waals surface area contributed by atoms with Crippen LogP contribution in [0.1, 0.15) is 34.6 Å². The minimum atomic E-state index is -1.28. The Morgan fingerprint density at radius 1 is 0.897 bits per heavy atom. The van der Waals surface area contributed by atoms with Gasteiger partial charge >= 0.3 is 17.9 Å². The highest BCUT2D eigenvalue weighted by Crippen LogP contribution is 2.35. The quantitative estimate of drug-likeness (QED) is 0.208. The van der Waals surface area contributed by atoms with Crippen molar-refractivity contribution in [3.05, 3.63) is 21.8 Å². The Morgan fingerprint density at radius 3 is 1.97 bits per heavy atom. The molecule has 0 radical (unpaired) electrons. The van der Waals surface area contributed by atoms with Gasteiger partial charge in [-0.3, -0.25) is 19.2 Å². The molecule has 0 aliphatic carbocycles. The number of carbonyl (C=O) groups is 5. The smallest absolute Gasteiger partial charge is 0.337 e. The van der Waals surface area contributed by atoms with Gasteiger partial charge in [0.05, 0.1) is 30.5 Å². The summed E-state index contributed by atoms with van der Waals surface area (Å²) >= 11 is 5.34. The summed E-state index contributed by atoms with van der Waals surface area (Å²) in [5.41, 5.74) is 0.0143. The number of halogens is 3. The summed E-state index contributed by atoms with van der Waals surface area (Å²) in [6.45, 7) is 1.80. The van der Waals surface area contributed by atoms with E-state index in [2.05, 4.69) is 15.4 Å². The van der Waals surface area contributed by atoms with Crippen molar-refractivity contribution in [2.24, 2.45) is 0 Å². The predicted octanol–water partition coefficient (Wildman–Crippen LogP) is 1.99. The maximum Gasteiger partial charge on any atom is 0.337 e. The zero-order chi connectivity index (χ0) is 22.3. The summed E-state index contributed by atoms with van der Waals surface area (Å²) in [6.07, 6.45) is 0. The molecule has 29 heavy (non-hydrogen) atoms. The Hall–Kier alpha value is -1.24. The van der Waals surface area contributed by atoms with Gasteiger partial charge in [0.1, 0.15) is 6.61 Å². The number of nitrogens with one attached hydrogen (secondary N) is 2. The monoisotopic (exact) mass is 744 g/mol. The highest BCUT2D eigenvalue weighted by atomic mass is 127. The minimum absolute atomic E-state index is 0.0209. The molecule has 0 saturated carbocycles. The Bertz CT molecular complexity index is 872. The first-order valence-electron chi connectivity index (χ1n) is 7.75. The fourth-order valence-corrected chi connectivity index (χ4v) is 6.34. The lowest BCUT2D eigenvalue weighted by Crippen LogP contribution is -2.31. The van der Waals surface area contributed by atoms with Gasteiger partial charge in [-0.1, -0.05) is 0 Å². The van der Waals surface area contributed by atoms with Crippen LogP contribution in [0.5, 0.6) is 0 Å². The zero-order valence-electron chi connectivity index (χ0n) is 15.1. The van der Waals surface area contributed by atoms with E-state index >= 15 is 0 Å². The number of carboxylic acids is 1. The Kier molecular flexibility index (Phi) is 10.5. The van der Waals surface area contributed by atoms with E-state index in [1.165, 1.54) is 6.92 Å². The summed E-state index contributed by atoms with van der Waals surface area (Å²) in [4.78, 5) is 58.1. The Labute approximate surface area is 206 Å². The molecule has 0 aliphatic heterocycles. The van der Waals surface area contributed by atoms with Gasteiger partial charge < -0.3 is 25.2 Å². The number of esters is 2. The Morgan fingerprint density at radius 2 is 1.45 bits per heavy atom. The van der Waals surface area contributed by atoms with Crippen molar-refractivity contribution in [1.29, 1.82) is 0 Å². The number of carboxylic acid groups (broad SMARTS) is 1. The van der Waals surface area contributed by atoms with Crippen LogP contribution < -0.4 is 10.6 Å². The van der Waals surface area contributed by atoms with Gasteiger partial charge in [-0.05, 0) is 67.8 Å². The number of hydrogen-bond donors (Lipinski definition) is 3. The number of hydrogen-bond acceptors (Lipinski definition) is 7. The summed E-state index contributed by atoms with van der Waals surface area (Å²) < 4.78 is 10.1. The molecule has 13 heteroatoms. The van der Waals surface area contributed by atoms with Crippen molar-refractivity contribution in [3.63, 3.8) is 0 Å². The van der Waals surface area contributed by atoms with Crippen molar-refractivity contribution >= 4 is 103 Å². The Balaban J connectivity index is 3.27. The summed E-state index contributed by atoms with van der Waals surface area (Å²) in [7, 11) is 0. The molecule has 0 bridgehead atoms. The van der Waals surface area contributed by atoms with Gasteiger partial charge in [0.15, 0.2) is 6.61 Å². The molecule has 0 fully saturated rings. The van der Waals surface area contributed by atoms with E-state index in [4.69, 9.17) is 4.74 Å². The van der Waals surface area contributed by atoms with Gasteiger partial charge in [-0.25, -0.2) is 4.79 Å². The standard InChI is InChI=1S/C16H15I3N2O8/c1-6(22)28-4-3-20-15(25)9-11(17)10(16(26)27)13(19)14(12(9)18)21-8(24)5-29-7(2)23/h3-5H2,1-2H3,(H,20,25)(H,21,24)(H,26,27). The fraction of sp³-hybridized carbons (Fsp3) is 0.312. The molecular weight excluding hydrogens is 729 g/mol. The topological polar surface area (TPSA) is 148 Å². The van der Waals surface area contributed by atoms with Crippen molar-refractivity contribution in [2.75, 3.05) is 25.1 Å². The zero-order valence-corrected chi connectivity index (χ0v) is 21.5. The van der Waals surface area contributed by atoms with Crippen molar-refractivity contribution in [3.8, 4) is 0 Å². The van der Waals surface area contributed by atoms with Gasteiger partial charge in [0, 0.05) is 17.4 Å². The molecule has 2 amide bonds. The number of benzene rings is 1. The first kappa shape index (κ1) is 25.8. The molecule has 0 saturated heterocycles. The highest BCUT2D eigenvalue weighted by molar-refractivity contribution is 14.1. The molecule has 0 spiro atoms. The van der Waals surface area contributed by atoms with E-state index in [0.29, 0.717) is 3.57 Å². The van der Waals surface area contributed by atoms with E-state index in [1.54, 1.807) is 45.2 Å². The van der Waals surface area contributed by atoms with Crippen LogP contribution in [0.3, 0.4) is 0 Å². The molecule has 1 rings (SSSR count). The van der Waals surface area contributed by atoms with Gasteiger partial charge in [-0.15, -0.1) is 0 Å². The van der Waals surface area contributed by atoms with Crippen molar-refractivity contribution in [2.45, 2.75) is 13.8 Å². The number of anilines is 1. The summed E-state index contributed by atoms with van der Waals surface area (Å²) in [5, 5.41) is 14.6. The summed E-state index contributed by atoms with van der Waals surface area (Å²) in [5.74, 6) is -3.70. The molecule has 3 N–H and O–H groups in total. The van der Waals surface area contributed by atoms with Crippen molar-refractivity contribution in [1.82, 2.24) is 5.32 Å². The molecule has 0 aromatic heterocycles. The lowest BCUT2D eigenvalue weighted by Gasteiger charge is -2.18. The molecule has 0 aliphatic rings. The average Bonchev–Trinajstić information content (AvgIpc) is 2.60. The van der Waals surface area contributed by atoms with E-state index in [-0.39, 0.29) is 37.1 Å². The number of rotatable bonds is 8. The summed E-state index contributed by atoms with van der Waals surface area (Å²) in [6, 6.07) is 0. The maximum absolute atomic E-state index is 12.6. The molecule has 0 atom stereocenters. The molecule has 1 aromatic rings. The maximum atomic E-state index is 12.6. The lowest BCUT2D eigenvalue weighted by atomic mass is 10.1. The number of carbonyl (C=O) groups excluding carboxylic acids is 4. The van der Waals surface area contributed by atoms with Crippen LogP contribution in [0, 0.1) is 10.7 Å². The van der Waals surface area contributed by atoms with Gasteiger partial charge in [0.2, 0.25) is 0 Å². The SMILES string of the molecule is CC(=O)OCCNC(=O)c1c(I)c(NC(=O)COC(C)=O)c(I)c(C(=O)O)c1I. The third kappa shape index (κ3) is 7.50. The number of ether oxygens (including phenoxy) is 2. The van der Waals surface area contributed by atoms with E-state index in [0.717, 1.165) is 6.92 Å². The molecule has 10 nitrogen and oxygen atoms in total. The van der Waals surface area contributed by atoms with Gasteiger partial charge in [-0.2, -0.15) is 0 Å². The first-order chi connectivity index (χ1) is 13.5. The van der Waals surface area contributed by atoms with Crippen LogP contribution >= 0.6 is 67.8 Å². The normalized spacial score (nSPS) is 10.1. The van der Waals surface area contributed by atoms with Crippen LogP contribution in [0.2, 0.25) is 0 Å². The third-order valence-corrected chi connectivity index (χ3v) is 6.36. The van der Waals surface area contributed by atoms with Crippen molar-refractivity contribution < 1.29 is 38.6 Å². The second-order valence-electron chi connectivity index (χ2n) is 5.30. The fourth-order valence-electron chi connectivity index (χ4n) is 1.95. The molecule has 158 valence electrons. The first-order valence-corrected chi connectivity index (χ1v) is 11.0. The minimum Gasteiger partial charge on any atom is -0.478 e. The second kappa shape index (κ2) is 11.8. The van der Waals surface area contributed by atoms with E-state index in [9.17, 15) is 29.1 Å². The van der Waals surface area contributed by atoms with Crippen LogP contribution in [-0.2, 0) is 23.9 Å². The van der Waals surface area contributed by atoms with E-state index < -0.39 is 36.3 Å². The number of aromatic carboxylic acids is 1. The van der Waals surface area contributed by atoms with Crippen LogP contribution in [0.4, 0.5) is 5.69 Å². The molecule has 0 heterocycles. The van der Waals surface area contributed by atoms with Crippen LogP contribution in [0.15, 0.2) is 0 Å². The van der Waals surface area contributed by atoms with Crippen LogP contribution in [-0.4, -0.2) is 54.6 Å².